The number of piperidine rings is 1. The fraction of sp³-hybridized carbons (Fsp3) is 0.350. The zero-order chi connectivity index (χ0) is 16.6. The molecule has 1 unspecified atom stereocenters. The molecule has 124 valence electrons. The molecule has 2 aliphatic heterocycles. The Kier molecular flexibility index (Phi) is 4.19. The fourth-order valence-corrected chi connectivity index (χ4v) is 5.18. The highest BCUT2D eigenvalue weighted by molar-refractivity contribution is 9.10. The fourth-order valence-electron chi connectivity index (χ4n) is 4.43. The van der Waals surface area contributed by atoms with E-state index in [4.69, 9.17) is 0 Å². The number of carbonyl (C=O) groups is 1. The van der Waals surface area contributed by atoms with Gasteiger partial charge in [-0.1, -0.05) is 52.3 Å². The van der Waals surface area contributed by atoms with Gasteiger partial charge < -0.3 is 15.0 Å². The molecule has 1 N–H and O–H groups in total. The van der Waals surface area contributed by atoms with E-state index >= 15 is 0 Å². The summed E-state index contributed by atoms with van der Waals surface area (Å²) >= 11 is 3.76. The monoisotopic (exact) mass is 384 g/mol. The second kappa shape index (κ2) is 6.34. The standard InChI is InChI=1S/C20H21BrN2O/c21-16-7-4-8-17-19(16)20(9-11-22-12-10-20)18(14-24)23(17)13-15-5-2-1-3-6-15/h1-8,14,18,22H,9-13H2. The average molecular weight is 385 g/mol. The van der Waals surface area contributed by atoms with Gasteiger partial charge in [-0.05, 0) is 49.2 Å². The number of hydrogen-bond acceptors (Lipinski definition) is 3. The third kappa shape index (κ3) is 2.40. The van der Waals surface area contributed by atoms with Crippen molar-refractivity contribution in [2.75, 3.05) is 18.0 Å². The van der Waals surface area contributed by atoms with Crippen LogP contribution in [0.1, 0.15) is 24.0 Å². The second-order valence-electron chi connectivity index (χ2n) is 6.73. The third-order valence-corrected chi connectivity index (χ3v) is 6.18. The van der Waals surface area contributed by atoms with Gasteiger partial charge in [0.2, 0.25) is 0 Å². The lowest BCUT2D eigenvalue weighted by atomic mass is 9.70. The molecule has 0 aromatic heterocycles. The van der Waals surface area contributed by atoms with E-state index in [9.17, 15) is 4.79 Å². The molecule has 1 saturated heterocycles. The first-order valence-electron chi connectivity index (χ1n) is 8.52. The van der Waals surface area contributed by atoms with Crippen molar-refractivity contribution < 1.29 is 4.79 Å². The molecule has 4 heteroatoms. The zero-order valence-corrected chi connectivity index (χ0v) is 15.1. The number of nitrogens with zero attached hydrogens (tertiary/aromatic N) is 1. The van der Waals surface area contributed by atoms with E-state index in [2.05, 4.69) is 68.6 Å². The molecule has 2 heterocycles. The van der Waals surface area contributed by atoms with E-state index in [1.54, 1.807) is 0 Å². The number of halogens is 1. The normalized spacial score (nSPS) is 21.7. The van der Waals surface area contributed by atoms with Crippen molar-refractivity contribution in [1.82, 2.24) is 5.32 Å². The van der Waals surface area contributed by atoms with Crippen LogP contribution >= 0.6 is 15.9 Å². The number of nitrogens with one attached hydrogen (secondary N) is 1. The van der Waals surface area contributed by atoms with Crippen molar-refractivity contribution in [3.63, 3.8) is 0 Å². The van der Waals surface area contributed by atoms with Gasteiger partial charge in [0, 0.05) is 22.1 Å². The molecule has 0 saturated carbocycles. The Morgan fingerprint density at radius 3 is 2.58 bits per heavy atom. The Balaban J connectivity index is 1.83. The Morgan fingerprint density at radius 2 is 1.88 bits per heavy atom. The molecule has 1 fully saturated rings. The molecule has 0 aliphatic carbocycles. The van der Waals surface area contributed by atoms with E-state index in [0.29, 0.717) is 0 Å². The number of rotatable bonds is 3. The van der Waals surface area contributed by atoms with Crippen molar-refractivity contribution in [2.45, 2.75) is 30.8 Å². The number of hydrogen-bond donors (Lipinski definition) is 1. The minimum Gasteiger partial charge on any atom is -0.356 e. The van der Waals surface area contributed by atoms with Crippen LogP contribution in [0.5, 0.6) is 0 Å². The quantitative estimate of drug-likeness (QED) is 0.819. The molecule has 4 rings (SSSR count). The molecular formula is C20H21BrN2O. The number of anilines is 1. The average Bonchev–Trinajstić information content (AvgIpc) is 2.86. The van der Waals surface area contributed by atoms with Crippen molar-refractivity contribution in [1.29, 1.82) is 0 Å². The summed E-state index contributed by atoms with van der Waals surface area (Å²) in [7, 11) is 0. The Hall–Kier alpha value is -1.65. The van der Waals surface area contributed by atoms with Crippen LogP contribution in [0.3, 0.4) is 0 Å². The summed E-state index contributed by atoms with van der Waals surface area (Å²) in [5.41, 5.74) is 3.67. The highest BCUT2D eigenvalue weighted by Crippen LogP contribution is 2.52. The number of benzene rings is 2. The van der Waals surface area contributed by atoms with Gasteiger partial charge in [-0.3, -0.25) is 0 Å². The van der Waals surface area contributed by atoms with Crippen LogP contribution in [0.2, 0.25) is 0 Å². The van der Waals surface area contributed by atoms with Gasteiger partial charge in [0.05, 0.1) is 6.04 Å². The van der Waals surface area contributed by atoms with E-state index in [1.165, 1.54) is 23.1 Å². The highest BCUT2D eigenvalue weighted by Gasteiger charge is 2.52. The summed E-state index contributed by atoms with van der Waals surface area (Å²) in [5.74, 6) is 0. The highest BCUT2D eigenvalue weighted by atomic mass is 79.9. The van der Waals surface area contributed by atoms with Crippen LogP contribution in [0.4, 0.5) is 5.69 Å². The summed E-state index contributed by atoms with van der Waals surface area (Å²) in [5, 5.41) is 3.45. The van der Waals surface area contributed by atoms with Crippen LogP contribution < -0.4 is 10.2 Å². The van der Waals surface area contributed by atoms with E-state index in [1.807, 2.05) is 6.07 Å². The molecule has 3 nitrogen and oxygen atoms in total. The lowest BCUT2D eigenvalue weighted by Gasteiger charge is -2.39. The van der Waals surface area contributed by atoms with Crippen LogP contribution in [-0.4, -0.2) is 25.4 Å². The molecule has 0 bridgehead atoms. The van der Waals surface area contributed by atoms with Crippen LogP contribution in [0.25, 0.3) is 0 Å². The smallest absolute Gasteiger partial charge is 0.143 e. The first kappa shape index (κ1) is 15.9. The minimum absolute atomic E-state index is 0.0861. The zero-order valence-electron chi connectivity index (χ0n) is 13.5. The largest absolute Gasteiger partial charge is 0.356 e. The van der Waals surface area contributed by atoms with Crippen molar-refractivity contribution >= 4 is 27.9 Å². The van der Waals surface area contributed by atoms with Crippen LogP contribution in [0, 0.1) is 0 Å². The molecule has 2 aliphatic rings. The maximum absolute atomic E-state index is 12.2. The predicted molar refractivity (Wildman–Crippen MR) is 100 cm³/mol. The predicted octanol–water partition coefficient (Wildman–Crippen LogP) is 3.66. The Labute approximate surface area is 151 Å². The molecule has 24 heavy (non-hydrogen) atoms. The topological polar surface area (TPSA) is 32.3 Å². The van der Waals surface area contributed by atoms with E-state index in [0.717, 1.165) is 36.9 Å². The molecule has 2 aromatic rings. The molecular weight excluding hydrogens is 364 g/mol. The van der Waals surface area contributed by atoms with Crippen molar-refractivity contribution in [2.24, 2.45) is 0 Å². The first-order chi connectivity index (χ1) is 11.8. The summed E-state index contributed by atoms with van der Waals surface area (Å²) < 4.78 is 1.13. The molecule has 1 atom stereocenters. The van der Waals surface area contributed by atoms with Crippen LogP contribution in [0.15, 0.2) is 53.0 Å². The number of fused-ring (bicyclic) bond motifs is 2. The number of carbonyl (C=O) groups excluding carboxylic acids is 1. The lowest BCUT2D eigenvalue weighted by Crippen LogP contribution is -2.51. The van der Waals surface area contributed by atoms with Gasteiger partial charge in [-0.2, -0.15) is 0 Å². The summed E-state index contributed by atoms with van der Waals surface area (Å²) in [6.07, 6.45) is 3.16. The maximum Gasteiger partial charge on any atom is 0.143 e. The summed E-state index contributed by atoms with van der Waals surface area (Å²) in [6, 6.07) is 16.7. The first-order valence-corrected chi connectivity index (χ1v) is 9.31. The molecule has 2 aromatic carbocycles. The van der Waals surface area contributed by atoms with Crippen molar-refractivity contribution in [3.05, 3.63) is 64.1 Å². The molecule has 0 radical (unpaired) electrons. The molecule has 0 amide bonds. The van der Waals surface area contributed by atoms with Crippen molar-refractivity contribution in [3.8, 4) is 0 Å². The number of aldehydes is 1. The second-order valence-corrected chi connectivity index (χ2v) is 7.59. The van der Waals surface area contributed by atoms with Gasteiger partial charge >= 0.3 is 0 Å². The molecule has 1 spiro atoms. The van der Waals surface area contributed by atoms with Gasteiger partial charge in [0.25, 0.3) is 0 Å². The van der Waals surface area contributed by atoms with Gasteiger partial charge in [0.15, 0.2) is 0 Å². The Morgan fingerprint density at radius 1 is 1.12 bits per heavy atom. The SMILES string of the molecule is O=CC1N(Cc2ccccc2)c2cccc(Br)c2C12CCNCC2. The minimum atomic E-state index is -0.103. The van der Waals surface area contributed by atoms with Gasteiger partial charge in [-0.15, -0.1) is 0 Å². The summed E-state index contributed by atoms with van der Waals surface area (Å²) in [6.45, 7) is 2.69. The third-order valence-electron chi connectivity index (χ3n) is 5.52. The lowest BCUT2D eigenvalue weighted by molar-refractivity contribution is -0.110. The summed E-state index contributed by atoms with van der Waals surface area (Å²) in [4.78, 5) is 14.5. The Bertz CT molecular complexity index is 741. The van der Waals surface area contributed by atoms with Gasteiger partial charge in [-0.25, -0.2) is 0 Å². The van der Waals surface area contributed by atoms with E-state index < -0.39 is 0 Å². The van der Waals surface area contributed by atoms with Crippen LogP contribution in [-0.2, 0) is 16.8 Å². The van der Waals surface area contributed by atoms with Gasteiger partial charge in [0.1, 0.15) is 6.29 Å². The van der Waals surface area contributed by atoms with E-state index in [-0.39, 0.29) is 11.5 Å². The maximum atomic E-state index is 12.2.